The molecule has 1 heterocycles. The zero-order valence-electron chi connectivity index (χ0n) is 9.91. The quantitative estimate of drug-likeness (QED) is 0.751. The minimum absolute atomic E-state index is 0.0662. The fraction of sp³-hybridized carbons (Fsp3) is 1.00. The van der Waals surface area contributed by atoms with Crippen LogP contribution in [0.3, 0.4) is 0 Å². The van der Waals surface area contributed by atoms with E-state index in [0.717, 1.165) is 38.8 Å². The second-order valence-corrected chi connectivity index (χ2v) is 7.04. The van der Waals surface area contributed by atoms with Crippen LogP contribution in [-0.4, -0.2) is 33.3 Å². The van der Waals surface area contributed by atoms with E-state index in [2.05, 4.69) is 10.0 Å². The molecule has 0 aromatic carbocycles. The predicted molar refractivity (Wildman–Crippen MR) is 64.7 cm³/mol. The fourth-order valence-electron chi connectivity index (χ4n) is 2.33. The molecular formula is C11H22N2O2S. The van der Waals surface area contributed by atoms with Gasteiger partial charge in [-0.15, -0.1) is 0 Å². The summed E-state index contributed by atoms with van der Waals surface area (Å²) in [6, 6.07) is 0.0662. The fourth-order valence-corrected chi connectivity index (χ4v) is 4.14. The van der Waals surface area contributed by atoms with Crippen LogP contribution in [-0.2, 0) is 10.0 Å². The highest BCUT2D eigenvalue weighted by Crippen LogP contribution is 2.30. The molecule has 2 fully saturated rings. The summed E-state index contributed by atoms with van der Waals surface area (Å²) in [4.78, 5) is 0. The zero-order chi connectivity index (χ0) is 11.6. The molecule has 0 aromatic heterocycles. The van der Waals surface area contributed by atoms with Gasteiger partial charge in [-0.25, -0.2) is 13.1 Å². The van der Waals surface area contributed by atoms with Crippen molar-refractivity contribution in [2.24, 2.45) is 11.8 Å². The van der Waals surface area contributed by atoms with E-state index < -0.39 is 10.0 Å². The molecule has 2 aliphatic rings. The minimum Gasteiger partial charge on any atom is -0.316 e. The normalized spacial score (nSPS) is 28.9. The summed E-state index contributed by atoms with van der Waals surface area (Å²) < 4.78 is 26.4. The largest absolute Gasteiger partial charge is 0.316 e. The molecule has 0 bridgehead atoms. The Morgan fingerprint density at radius 2 is 2.12 bits per heavy atom. The first kappa shape index (κ1) is 12.3. The average Bonchev–Trinajstić information content (AvgIpc) is 3.01. The molecule has 1 saturated heterocycles. The molecule has 0 spiro atoms. The third kappa shape index (κ3) is 3.71. The molecule has 2 rings (SSSR count). The standard InChI is InChI=1S/C11H22N2O2S/c1-9(11-3-2-6-12-7-11)13-16(14,15)8-10-4-5-10/h9-13H,2-8H2,1H3. The lowest BCUT2D eigenvalue weighted by Gasteiger charge is -2.28. The third-order valence-corrected chi connectivity index (χ3v) is 5.20. The molecule has 0 radical (unpaired) electrons. The van der Waals surface area contributed by atoms with Crippen LogP contribution in [0, 0.1) is 11.8 Å². The third-order valence-electron chi connectivity index (χ3n) is 3.56. The number of nitrogens with one attached hydrogen (secondary N) is 2. The molecule has 0 amide bonds. The average molecular weight is 246 g/mol. The van der Waals surface area contributed by atoms with Gasteiger partial charge in [0.25, 0.3) is 0 Å². The van der Waals surface area contributed by atoms with Gasteiger partial charge >= 0.3 is 0 Å². The van der Waals surface area contributed by atoms with Gasteiger partial charge in [0.05, 0.1) is 5.75 Å². The molecule has 4 nitrogen and oxygen atoms in total. The van der Waals surface area contributed by atoms with E-state index in [1.54, 1.807) is 0 Å². The van der Waals surface area contributed by atoms with Crippen LogP contribution >= 0.6 is 0 Å². The molecule has 0 aromatic rings. The van der Waals surface area contributed by atoms with Crippen molar-refractivity contribution < 1.29 is 8.42 Å². The summed E-state index contributed by atoms with van der Waals surface area (Å²) in [5.41, 5.74) is 0. The first-order chi connectivity index (χ1) is 7.57. The van der Waals surface area contributed by atoms with E-state index in [1.165, 1.54) is 0 Å². The first-order valence-electron chi connectivity index (χ1n) is 6.27. The smallest absolute Gasteiger partial charge is 0.212 e. The Kier molecular flexibility index (Phi) is 3.87. The van der Waals surface area contributed by atoms with E-state index in [-0.39, 0.29) is 6.04 Å². The van der Waals surface area contributed by atoms with Crippen LogP contribution in [0.25, 0.3) is 0 Å². The Bertz CT molecular complexity index is 319. The topological polar surface area (TPSA) is 58.2 Å². The molecule has 2 N–H and O–H groups in total. The van der Waals surface area contributed by atoms with Crippen LogP contribution in [0.15, 0.2) is 0 Å². The van der Waals surface area contributed by atoms with Crippen LogP contribution in [0.1, 0.15) is 32.6 Å². The second kappa shape index (κ2) is 5.02. The Hall–Kier alpha value is -0.130. The minimum atomic E-state index is -3.04. The summed E-state index contributed by atoms with van der Waals surface area (Å²) in [6.07, 6.45) is 4.44. The maximum atomic E-state index is 11.8. The highest BCUT2D eigenvalue weighted by molar-refractivity contribution is 7.89. The number of hydrogen-bond acceptors (Lipinski definition) is 3. The molecule has 5 heteroatoms. The van der Waals surface area contributed by atoms with Crippen LogP contribution in [0.5, 0.6) is 0 Å². The van der Waals surface area contributed by atoms with Gasteiger partial charge in [-0.1, -0.05) is 0 Å². The van der Waals surface area contributed by atoms with Crippen molar-refractivity contribution >= 4 is 10.0 Å². The highest BCUT2D eigenvalue weighted by atomic mass is 32.2. The van der Waals surface area contributed by atoms with E-state index in [9.17, 15) is 8.42 Å². The van der Waals surface area contributed by atoms with Crippen molar-refractivity contribution in [3.8, 4) is 0 Å². The van der Waals surface area contributed by atoms with E-state index >= 15 is 0 Å². The van der Waals surface area contributed by atoms with E-state index in [0.29, 0.717) is 17.6 Å². The molecular weight excluding hydrogens is 224 g/mol. The van der Waals surface area contributed by atoms with Crippen LogP contribution < -0.4 is 10.0 Å². The van der Waals surface area contributed by atoms with Crippen LogP contribution in [0.2, 0.25) is 0 Å². The number of piperidine rings is 1. The number of hydrogen-bond donors (Lipinski definition) is 2. The van der Waals surface area contributed by atoms with Crippen molar-refractivity contribution in [2.75, 3.05) is 18.8 Å². The lowest BCUT2D eigenvalue weighted by atomic mass is 9.94. The summed E-state index contributed by atoms with van der Waals surface area (Å²) in [5, 5.41) is 3.32. The molecule has 2 atom stereocenters. The Morgan fingerprint density at radius 3 is 2.69 bits per heavy atom. The second-order valence-electron chi connectivity index (χ2n) is 5.24. The van der Waals surface area contributed by atoms with Gasteiger partial charge in [0.2, 0.25) is 10.0 Å². The van der Waals surface area contributed by atoms with E-state index in [4.69, 9.17) is 0 Å². The van der Waals surface area contributed by atoms with Gasteiger partial charge < -0.3 is 5.32 Å². The SMILES string of the molecule is CC(NS(=O)(=O)CC1CC1)C1CCCNC1. The Labute approximate surface area is 98.2 Å². The van der Waals surface area contributed by atoms with Crippen molar-refractivity contribution in [1.82, 2.24) is 10.0 Å². The molecule has 16 heavy (non-hydrogen) atoms. The van der Waals surface area contributed by atoms with E-state index in [1.807, 2.05) is 6.92 Å². The number of sulfonamides is 1. The van der Waals surface area contributed by atoms with Crippen molar-refractivity contribution in [3.05, 3.63) is 0 Å². The first-order valence-corrected chi connectivity index (χ1v) is 7.93. The van der Waals surface area contributed by atoms with Crippen molar-refractivity contribution in [3.63, 3.8) is 0 Å². The van der Waals surface area contributed by atoms with Gasteiger partial charge in [0, 0.05) is 6.04 Å². The lowest BCUT2D eigenvalue weighted by Crippen LogP contribution is -2.45. The molecule has 1 aliphatic carbocycles. The summed E-state index contributed by atoms with van der Waals surface area (Å²) >= 11 is 0. The zero-order valence-corrected chi connectivity index (χ0v) is 10.7. The predicted octanol–water partition coefficient (Wildman–Crippen LogP) is 0.704. The Balaban J connectivity index is 1.82. The molecule has 1 saturated carbocycles. The maximum Gasteiger partial charge on any atom is 0.212 e. The van der Waals surface area contributed by atoms with Crippen molar-refractivity contribution in [2.45, 2.75) is 38.6 Å². The summed E-state index contributed by atoms with van der Waals surface area (Å²) in [7, 11) is -3.04. The van der Waals surface area contributed by atoms with Gasteiger partial charge in [-0.2, -0.15) is 0 Å². The Morgan fingerprint density at radius 1 is 1.38 bits per heavy atom. The van der Waals surface area contributed by atoms with Crippen molar-refractivity contribution in [1.29, 1.82) is 0 Å². The van der Waals surface area contributed by atoms with Gasteiger partial charge in [-0.3, -0.25) is 0 Å². The maximum absolute atomic E-state index is 11.8. The van der Waals surface area contributed by atoms with Gasteiger partial charge in [-0.05, 0) is 57.5 Å². The van der Waals surface area contributed by atoms with Gasteiger partial charge in [0.15, 0.2) is 0 Å². The highest BCUT2D eigenvalue weighted by Gasteiger charge is 2.30. The molecule has 94 valence electrons. The summed E-state index contributed by atoms with van der Waals surface area (Å²) in [6.45, 7) is 3.99. The summed E-state index contributed by atoms with van der Waals surface area (Å²) in [5.74, 6) is 1.20. The molecule has 1 aliphatic heterocycles. The number of rotatable bonds is 5. The lowest BCUT2D eigenvalue weighted by molar-refractivity contribution is 0.320. The molecule has 2 unspecified atom stereocenters. The van der Waals surface area contributed by atoms with Crippen LogP contribution in [0.4, 0.5) is 0 Å². The van der Waals surface area contributed by atoms with Gasteiger partial charge in [0.1, 0.15) is 0 Å². The monoisotopic (exact) mass is 246 g/mol.